The number of hydrogen-bond acceptors (Lipinski definition) is 5. The number of rotatable bonds is 6. The molecule has 0 saturated carbocycles. The van der Waals surface area contributed by atoms with Gasteiger partial charge in [0.05, 0.1) is 6.20 Å². The van der Waals surface area contributed by atoms with Crippen LogP contribution in [0.2, 0.25) is 0 Å². The molecule has 88 valence electrons. The minimum atomic E-state index is -0.0727. The maximum Gasteiger partial charge on any atom is 0.213 e. The summed E-state index contributed by atoms with van der Waals surface area (Å²) in [6, 6.07) is 3.39. The topological polar surface area (TPSA) is 74.4 Å². The average Bonchev–Trinajstić information content (AvgIpc) is 2.28. The fourth-order valence-corrected chi connectivity index (χ4v) is 0.961. The molecular weight excluding hydrogens is 208 g/mol. The van der Waals surface area contributed by atoms with E-state index in [0.717, 1.165) is 0 Å². The van der Waals surface area contributed by atoms with Crippen molar-refractivity contribution in [3.05, 3.63) is 18.3 Å². The molecule has 1 heterocycles. The average molecular weight is 224 g/mol. The predicted octanol–water partition coefficient (Wildman–Crippen LogP) is 0.775. The highest BCUT2D eigenvalue weighted by Gasteiger charge is 2.03. The molecule has 0 aliphatic heterocycles. The van der Waals surface area contributed by atoms with Crippen LogP contribution in [0.25, 0.3) is 0 Å². The van der Waals surface area contributed by atoms with Gasteiger partial charge in [-0.25, -0.2) is 4.98 Å². The van der Waals surface area contributed by atoms with Gasteiger partial charge < -0.3 is 15.2 Å². The van der Waals surface area contributed by atoms with Gasteiger partial charge in [-0.15, -0.1) is 0 Å². The summed E-state index contributed by atoms with van der Waals surface area (Å²) in [4.78, 5) is 14.7. The molecule has 0 amide bonds. The van der Waals surface area contributed by atoms with Crippen LogP contribution in [0.5, 0.6) is 11.6 Å². The highest BCUT2D eigenvalue weighted by atomic mass is 16.5. The summed E-state index contributed by atoms with van der Waals surface area (Å²) in [6.45, 7) is 3.82. The Kier molecular flexibility index (Phi) is 4.72. The Balaban J connectivity index is 2.50. The summed E-state index contributed by atoms with van der Waals surface area (Å²) in [6.07, 6.45) is 1.44. The minimum absolute atomic E-state index is 0.0305. The van der Waals surface area contributed by atoms with E-state index in [1.807, 2.05) is 6.92 Å². The molecule has 0 bridgehead atoms. The monoisotopic (exact) mass is 224 g/mol. The van der Waals surface area contributed by atoms with Crippen molar-refractivity contribution < 1.29 is 14.3 Å². The van der Waals surface area contributed by atoms with Gasteiger partial charge >= 0.3 is 0 Å². The molecule has 0 aliphatic rings. The highest BCUT2D eigenvalue weighted by molar-refractivity contribution is 5.77. The summed E-state index contributed by atoms with van der Waals surface area (Å²) in [5.74, 6) is 1.01. The molecule has 0 saturated heterocycles. The van der Waals surface area contributed by atoms with Crippen molar-refractivity contribution in [3.8, 4) is 11.6 Å². The third-order valence-electron chi connectivity index (χ3n) is 1.81. The van der Waals surface area contributed by atoms with E-state index in [-0.39, 0.29) is 18.5 Å². The molecule has 0 unspecified atom stereocenters. The molecule has 0 spiro atoms. The Morgan fingerprint density at radius 2 is 2.31 bits per heavy atom. The molecule has 5 nitrogen and oxygen atoms in total. The van der Waals surface area contributed by atoms with Gasteiger partial charge in [-0.3, -0.25) is 4.79 Å². The fraction of sp³-hybridized carbons (Fsp3) is 0.455. The molecule has 1 aromatic heterocycles. The van der Waals surface area contributed by atoms with Gasteiger partial charge in [-0.05, 0) is 19.9 Å². The quantitative estimate of drug-likeness (QED) is 0.772. The predicted molar refractivity (Wildman–Crippen MR) is 59.6 cm³/mol. The largest absolute Gasteiger partial charge is 0.484 e. The number of Topliss-reactive ketones (excluding diaryl/α,β-unsaturated/α-hetero) is 1. The lowest BCUT2D eigenvalue weighted by atomic mass is 10.4. The zero-order valence-corrected chi connectivity index (χ0v) is 9.47. The molecule has 1 aromatic rings. The van der Waals surface area contributed by atoms with E-state index < -0.39 is 0 Å². The molecule has 1 atom stereocenters. The number of ketones is 1. The smallest absolute Gasteiger partial charge is 0.213 e. The van der Waals surface area contributed by atoms with E-state index in [1.54, 1.807) is 12.1 Å². The number of nitrogens with two attached hydrogens (primary N) is 1. The van der Waals surface area contributed by atoms with Gasteiger partial charge in [0.1, 0.15) is 18.5 Å². The first-order valence-electron chi connectivity index (χ1n) is 5.07. The number of hydrogen-bond donors (Lipinski definition) is 1. The fourth-order valence-electron chi connectivity index (χ4n) is 0.961. The molecule has 0 radical (unpaired) electrons. The summed E-state index contributed by atoms with van der Waals surface area (Å²) in [5, 5.41) is 0. The lowest BCUT2D eigenvalue weighted by Crippen LogP contribution is -2.23. The highest BCUT2D eigenvalue weighted by Crippen LogP contribution is 2.14. The van der Waals surface area contributed by atoms with Crippen molar-refractivity contribution in [2.24, 2.45) is 5.73 Å². The number of carbonyl (C=O) groups excluding carboxylic acids is 1. The second kappa shape index (κ2) is 6.07. The van der Waals surface area contributed by atoms with Crippen molar-refractivity contribution >= 4 is 5.78 Å². The van der Waals surface area contributed by atoms with Crippen LogP contribution in [-0.4, -0.2) is 30.0 Å². The van der Waals surface area contributed by atoms with E-state index in [0.29, 0.717) is 18.2 Å². The third kappa shape index (κ3) is 4.27. The zero-order chi connectivity index (χ0) is 12.0. The molecule has 1 rings (SSSR count). The van der Waals surface area contributed by atoms with Crippen molar-refractivity contribution in [1.82, 2.24) is 4.98 Å². The lowest BCUT2D eigenvalue weighted by Gasteiger charge is -2.11. The molecule has 16 heavy (non-hydrogen) atoms. The molecule has 0 aliphatic carbocycles. The Morgan fingerprint density at radius 1 is 1.56 bits per heavy atom. The van der Waals surface area contributed by atoms with Crippen LogP contribution in [0.1, 0.15) is 13.8 Å². The van der Waals surface area contributed by atoms with Crippen LogP contribution in [-0.2, 0) is 4.79 Å². The normalized spacial score (nSPS) is 11.9. The zero-order valence-electron chi connectivity index (χ0n) is 9.47. The molecule has 2 N–H and O–H groups in total. The number of aromatic nitrogens is 1. The summed E-state index contributed by atoms with van der Waals surface area (Å²) in [7, 11) is 0. The standard InChI is InChI=1S/C11H16N2O3/c1-8(14)7-15-10-3-4-11(13-6-10)16-9(2)5-12/h3-4,6,9H,5,7,12H2,1-2H3/t9-/m0/s1. The summed E-state index contributed by atoms with van der Waals surface area (Å²) < 4.78 is 10.5. The minimum Gasteiger partial charge on any atom is -0.484 e. The van der Waals surface area contributed by atoms with E-state index in [9.17, 15) is 4.79 Å². The van der Waals surface area contributed by atoms with Crippen LogP contribution in [0.3, 0.4) is 0 Å². The second-order valence-corrected chi connectivity index (χ2v) is 3.49. The van der Waals surface area contributed by atoms with Gasteiger partial charge in [0.2, 0.25) is 5.88 Å². The summed E-state index contributed by atoms with van der Waals surface area (Å²) >= 11 is 0. The van der Waals surface area contributed by atoms with Crippen molar-refractivity contribution in [2.45, 2.75) is 20.0 Å². The third-order valence-corrected chi connectivity index (χ3v) is 1.81. The van der Waals surface area contributed by atoms with Crippen LogP contribution >= 0.6 is 0 Å². The molecule has 0 fully saturated rings. The Hall–Kier alpha value is -1.62. The second-order valence-electron chi connectivity index (χ2n) is 3.49. The maximum absolute atomic E-state index is 10.7. The van der Waals surface area contributed by atoms with Crippen molar-refractivity contribution in [2.75, 3.05) is 13.2 Å². The summed E-state index contributed by atoms with van der Waals surface area (Å²) in [5.41, 5.74) is 5.42. The number of pyridine rings is 1. The van der Waals surface area contributed by atoms with Crippen LogP contribution in [0.15, 0.2) is 18.3 Å². The Bertz CT molecular complexity index is 338. The van der Waals surface area contributed by atoms with Crippen molar-refractivity contribution in [1.29, 1.82) is 0 Å². The van der Waals surface area contributed by atoms with Crippen LogP contribution in [0, 0.1) is 0 Å². The number of nitrogens with zero attached hydrogens (tertiary/aromatic N) is 1. The molecule has 0 aromatic carbocycles. The van der Waals surface area contributed by atoms with E-state index >= 15 is 0 Å². The number of ether oxygens (including phenoxy) is 2. The van der Waals surface area contributed by atoms with Gasteiger partial charge in [-0.1, -0.05) is 0 Å². The van der Waals surface area contributed by atoms with Crippen molar-refractivity contribution in [3.63, 3.8) is 0 Å². The SMILES string of the molecule is CC(=O)COc1ccc(O[C@@H](C)CN)nc1. The first kappa shape index (κ1) is 12.4. The number of carbonyl (C=O) groups is 1. The molecule has 5 heteroatoms. The van der Waals surface area contributed by atoms with E-state index in [1.165, 1.54) is 13.1 Å². The first-order valence-corrected chi connectivity index (χ1v) is 5.07. The van der Waals surface area contributed by atoms with Crippen LogP contribution in [0.4, 0.5) is 0 Å². The maximum atomic E-state index is 10.7. The van der Waals surface area contributed by atoms with E-state index in [2.05, 4.69) is 4.98 Å². The first-order chi connectivity index (χ1) is 7.61. The van der Waals surface area contributed by atoms with E-state index in [4.69, 9.17) is 15.2 Å². The Morgan fingerprint density at radius 3 is 2.81 bits per heavy atom. The van der Waals surface area contributed by atoms with Gasteiger partial charge in [0.15, 0.2) is 5.78 Å². The van der Waals surface area contributed by atoms with Gasteiger partial charge in [0, 0.05) is 12.6 Å². The lowest BCUT2D eigenvalue weighted by molar-refractivity contribution is -0.118. The van der Waals surface area contributed by atoms with Crippen LogP contribution < -0.4 is 15.2 Å². The van der Waals surface area contributed by atoms with Gasteiger partial charge in [0.25, 0.3) is 0 Å². The van der Waals surface area contributed by atoms with Gasteiger partial charge in [-0.2, -0.15) is 0 Å². The Labute approximate surface area is 94.6 Å². The molecular formula is C11H16N2O3.